The number of carbonyl (C=O) groups excluding carboxylic acids is 1. The van der Waals surface area contributed by atoms with E-state index in [9.17, 15) is 14.3 Å². The van der Waals surface area contributed by atoms with E-state index >= 15 is 0 Å². The molecule has 0 aliphatic heterocycles. The highest BCUT2D eigenvalue weighted by Gasteiger charge is 2.58. The maximum absolute atomic E-state index is 13.2. The SMILES string of the molecule is C[C@@]1(O)CC[C@H]2[C@H](CC[C@@H]3[C@@H]2CC[C@]2(C)[C@@H](C(=O)CNc4ccc(F)cc4)CC[C@@H]32)C1. The van der Waals surface area contributed by atoms with Crippen LogP contribution in [0.4, 0.5) is 10.1 Å². The number of benzene rings is 1. The Morgan fingerprint density at radius 3 is 2.52 bits per heavy atom. The summed E-state index contributed by atoms with van der Waals surface area (Å²) in [5, 5.41) is 13.8. The molecule has 4 aliphatic rings. The summed E-state index contributed by atoms with van der Waals surface area (Å²) in [7, 11) is 0. The zero-order valence-corrected chi connectivity index (χ0v) is 19.1. The lowest BCUT2D eigenvalue weighted by atomic mass is 9.49. The average molecular weight is 428 g/mol. The van der Waals surface area contributed by atoms with Gasteiger partial charge in [0.25, 0.3) is 0 Å². The fourth-order valence-corrected chi connectivity index (χ4v) is 8.49. The largest absolute Gasteiger partial charge is 0.390 e. The number of halogens is 1. The molecule has 2 N–H and O–H groups in total. The van der Waals surface area contributed by atoms with Gasteiger partial charge in [-0.05, 0) is 124 Å². The van der Waals surface area contributed by atoms with Gasteiger partial charge in [0.05, 0.1) is 12.1 Å². The second-order valence-electron chi connectivity index (χ2n) is 11.7. The van der Waals surface area contributed by atoms with Crippen molar-refractivity contribution in [2.45, 2.75) is 77.2 Å². The Labute approximate surface area is 186 Å². The first-order valence-corrected chi connectivity index (χ1v) is 12.5. The van der Waals surface area contributed by atoms with E-state index in [2.05, 4.69) is 12.2 Å². The smallest absolute Gasteiger partial charge is 0.155 e. The maximum atomic E-state index is 13.2. The Kier molecular flexibility index (Phi) is 5.44. The minimum atomic E-state index is -0.459. The van der Waals surface area contributed by atoms with Gasteiger partial charge in [-0.2, -0.15) is 0 Å². The summed E-state index contributed by atoms with van der Waals surface area (Å²) in [6.45, 7) is 4.77. The standard InChI is InChI=1S/C27H38FNO2/c1-26(31)13-11-20-17(15-26)3-8-22-21(20)12-14-27(2)23(22)9-10-24(27)25(30)16-29-19-6-4-18(28)5-7-19/h4-7,17,20-24,29,31H,3,8-16H2,1-2H3/t17-,20+,21-,22-,23+,24-,26-,27+/m1/s1. The molecule has 4 aliphatic carbocycles. The molecule has 4 saturated carbocycles. The molecule has 0 saturated heterocycles. The molecule has 1 aromatic carbocycles. The van der Waals surface area contributed by atoms with Crippen LogP contribution in [0.25, 0.3) is 0 Å². The Hall–Kier alpha value is -1.42. The second-order valence-corrected chi connectivity index (χ2v) is 11.7. The molecule has 0 amide bonds. The number of rotatable bonds is 4. The fourth-order valence-electron chi connectivity index (χ4n) is 8.49. The van der Waals surface area contributed by atoms with Crippen LogP contribution in [-0.2, 0) is 4.79 Å². The lowest BCUT2D eigenvalue weighted by Gasteiger charge is -2.56. The van der Waals surface area contributed by atoms with Gasteiger partial charge in [0.1, 0.15) is 5.82 Å². The van der Waals surface area contributed by atoms with Gasteiger partial charge >= 0.3 is 0 Å². The second kappa shape index (κ2) is 7.86. The van der Waals surface area contributed by atoms with E-state index in [0.717, 1.165) is 42.7 Å². The Balaban J connectivity index is 1.25. The first-order chi connectivity index (χ1) is 14.8. The van der Waals surface area contributed by atoms with Crippen LogP contribution in [0.1, 0.15) is 71.6 Å². The third-order valence-corrected chi connectivity index (χ3v) is 9.94. The van der Waals surface area contributed by atoms with E-state index in [1.807, 2.05) is 6.92 Å². The van der Waals surface area contributed by atoms with Crippen molar-refractivity contribution in [3.05, 3.63) is 30.1 Å². The average Bonchev–Trinajstić information content (AvgIpc) is 3.09. The van der Waals surface area contributed by atoms with E-state index in [4.69, 9.17) is 0 Å². The molecule has 1 aromatic rings. The molecule has 0 bridgehead atoms. The Morgan fingerprint density at radius 1 is 1.00 bits per heavy atom. The van der Waals surface area contributed by atoms with Crippen LogP contribution in [0.15, 0.2) is 24.3 Å². The molecule has 5 rings (SSSR count). The number of hydrogen-bond acceptors (Lipinski definition) is 3. The summed E-state index contributed by atoms with van der Waals surface area (Å²) in [6.07, 6.45) is 10.3. The number of anilines is 1. The van der Waals surface area contributed by atoms with Crippen molar-refractivity contribution < 1.29 is 14.3 Å². The molecule has 4 fully saturated rings. The van der Waals surface area contributed by atoms with Gasteiger partial charge in [-0.25, -0.2) is 4.39 Å². The number of ketones is 1. The third kappa shape index (κ3) is 3.83. The Morgan fingerprint density at radius 2 is 1.74 bits per heavy atom. The van der Waals surface area contributed by atoms with Crippen molar-refractivity contribution in [3.63, 3.8) is 0 Å². The first-order valence-electron chi connectivity index (χ1n) is 12.5. The number of Topliss-reactive ketones (excluding diaryl/α,β-unsaturated/α-hetero) is 1. The van der Waals surface area contributed by atoms with Gasteiger partial charge < -0.3 is 10.4 Å². The molecule has 8 atom stereocenters. The molecular formula is C27H38FNO2. The van der Waals surface area contributed by atoms with E-state index < -0.39 is 5.60 Å². The number of fused-ring (bicyclic) bond motifs is 5. The molecule has 0 unspecified atom stereocenters. The quantitative estimate of drug-likeness (QED) is 0.636. The fraction of sp³-hybridized carbons (Fsp3) is 0.741. The number of carbonyl (C=O) groups is 1. The minimum Gasteiger partial charge on any atom is -0.390 e. The van der Waals surface area contributed by atoms with Crippen molar-refractivity contribution in [3.8, 4) is 0 Å². The third-order valence-electron chi connectivity index (χ3n) is 9.94. The molecule has 0 aromatic heterocycles. The van der Waals surface area contributed by atoms with Gasteiger partial charge in [0.2, 0.25) is 0 Å². The first kappa shape index (κ1) is 21.4. The maximum Gasteiger partial charge on any atom is 0.155 e. The molecule has 0 heterocycles. The van der Waals surface area contributed by atoms with Crippen molar-refractivity contribution in [2.24, 2.45) is 40.9 Å². The normalized spacial score (nSPS) is 44.1. The van der Waals surface area contributed by atoms with Gasteiger partial charge in [-0.1, -0.05) is 6.92 Å². The van der Waals surface area contributed by atoms with Crippen LogP contribution in [0.5, 0.6) is 0 Å². The van der Waals surface area contributed by atoms with E-state index in [1.54, 1.807) is 12.1 Å². The molecule has 0 radical (unpaired) electrons. The zero-order valence-electron chi connectivity index (χ0n) is 19.1. The van der Waals surface area contributed by atoms with Crippen molar-refractivity contribution in [1.82, 2.24) is 0 Å². The van der Waals surface area contributed by atoms with Crippen LogP contribution >= 0.6 is 0 Å². The topological polar surface area (TPSA) is 49.3 Å². The van der Waals surface area contributed by atoms with Gasteiger partial charge in [-0.15, -0.1) is 0 Å². The summed E-state index contributed by atoms with van der Waals surface area (Å²) in [6, 6.07) is 6.27. The number of aliphatic hydroxyl groups is 1. The van der Waals surface area contributed by atoms with E-state index in [0.29, 0.717) is 24.2 Å². The highest BCUT2D eigenvalue weighted by Crippen LogP contribution is 2.64. The van der Waals surface area contributed by atoms with Crippen molar-refractivity contribution in [1.29, 1.82) is 0 Å². The molecule has 4 heteroatoms. The lowest BCUT2D eigenvalue weighted by Crippen LogP contribution is -2.51. The van der Waals surface area contributed by atoms with Crippen molar-refractivity contribution in [2.75, 3.05) is 11.9 Å². The van der Waals surface area contributed by atoms with Crippen LogP contribution in [-0.4, -0.2) is 23.0 Å². The minimum absolute atomic E-state index is 0.135. The van der Waals surface area contributed by atoms with Crippen molar-refractivity contribution >= 4 is 11.5 Å². The summed E-state index contributed by atoms with van der Waals surface area (Å²) in [5.74, 6) is 3.97. The molecule has 3 nitrogen and oxygen atoms in total. The van der Waals surface area contributed by atoms with Crippen LogP contribution in [0, 0.1) is 46.7 Å². The summed E-state index contributed by atoms with van der Waals surface area (Å²) >= 11 is 0. The van der Waals surface area contributed by atoms with E-state index in [-0.39, 0.29) is 17.2 Å². The molecule has 31 heavy (non-hydrogen) atoms. The van der Waals surface area contributed by atoms with E-state index in [1.165, 1.54) is 50.7 Å². The highest BCUT2D eigenvalue weighted by atomic mass is 19.1. The zero-order chi connectivity index (χ0) is 21.8. The van der Waals surface area contributed by atoms with Gasteiger partial charge in [-0.3, -0.25) is 4.79 Å². The van der Waals surface area contributed by atoms with Crippen LogP contribution < -0.4 is 5.32 Å². The van der Waals surface area contributed by atoms with Gasteiger partial charge in [0.15, 0.2) is 5.78 Å². The number of nitrogens with one attached hydrogen (secondary N) is 1. The monoisotopic (exact) mass is 427 g/mol. The summed E-state index contributed by atoms with van der Waals surface area (Å²) in [5.41, 5.74) is 0.486. The molecular weight excluding hydrogens is 389 g/mol. The summed E-state index contributed by atoms with van der Waals surface area (Å²) < 4.78 is 13.1. The predicted octanol–water partition coefficient (Wildman–Crippen LogP) is 5.83. The number of hydrogen-bond donors (Lipinski definition) is 2. The predicted molar refractivity (Wildman–Crippen MR) is 121 cm³/mol. The highest BCUT2D eigenvalue weighted by molar-refractivity contribution is 5.86. The Bertz CT molecular complexity index is 821. The van der Waals surface area contributed by atoms with Crippen LogP contribution in [0.3, 0.4) is 0 Å². The molecule has 0 spiro atoms. The van der Waals surface area contributed by atoms with Gasteiger partial charge in [0, 0.05) is 11.6 Å². The van der Waals surface area contributed by atoms with Crippen LogP contribution in [0.2, 0.25) is 0 Å². The molecule has 170 valence electrons. The lowest BCUT2D eigenvalue weighted by molar-refractivity contribution is -0.130. The summed E-state index contributed by atoms with van der Waals surface area (Å²) in [4.78, 5) is 13.2.